The highest BCUT2D eigenvalue weighted by Crippen LogP contribution is 2.33. The fourth-order valence-electron chi connectivity index (χ4n) is 2.67. The average molecular weight is 329 g/mol. The predicted octanol–water partition coefficient (Wildman–Crippen LogP) is 0.682. The molecule has 1 atom stereocenters. The number of benzene rings is 1. The van der Waals surface area contributed by atoms with E-state index in [9.17, 15) is 4.79 Å². The summed E-state index contributed by atoms with van der Waals surface area (Å²) in [5.74, 6) is 0.166. The molecule has 1 aliphatic rings. The van der Waals surface area contributed by atoms with Crippen molar-refractivity contribution in [3.05, 3.63) is 29.8 Å². The molecular formula is C15H19N7O2. The van der Waals surface area contributed by atoms with Gasteiger partial charge in [0.15, 0.2) is 11.6 Å². The standard InChI is InChI=1S/C15H19N7O2/c1-22-10(6-18-9-4-2-8(3-5-9)14(23)24)7-19-13-11(22)12(16)20-15(17)21-13/h2-5,10,18H,6-7H2,1H3,(H,23,24)(H5,16,17,19,20,21). The molecule has 1 unspecified atom stereocenters. The van der Waals surface area contributed by atoms with Crippen LogP contribution in [-0.2, 0) is 0 Å². The Balaban J connectivity index is 1.69. The first-order valence-corrected chi connectivity index (χ1v) is 7.42. The summed E-state index contributed by atoms with van der Waals surface area (Å²) in [4.78, 5) is 21.0. The summed E-state index contributed by atoms with van der Waals surface area (Å²) >= 11 is 0. The van der Waals surface area contributed by atoms with Gasteiger partial charge in [0, 0.05) is 25.8 Å². The van der Waals surface area contributed by atoms with Crippen LogP contribution >= 0.6 is 0 Å². The van der Waals surface area contributed by atoms with Crippen molar-refractivity contribution in [2.45, 2.75) is 6.04 Å². The minimum absolute atomic E-state index is 0.117. The maximum Gasteiger partial charge on any atom is 0.335 e. The molecule has 0 saturated carbocycles. The quantitative estimate of drug-likeness (QED) is 0.547. The van der Waals surface area contributed by atoms with Crippen LogP contribution in [0.25, 0.3) is 0 Å². The lowest BCUT2D eigenvalue weighted by Gasteiger charge is -2.36. The van der Waals surface area contributed by atoms with E-state index in [1.165, 1.54) is 0 Å². The van der Waals surface area contributed by atoms with Gasteiger partial charge in [0.05, 0.1) is 11.6 Å². The Morgan fingerprint density at radius 1 is 1.38 bits per heavy atom. The summed E-state index contributed by atoms with van der Waals surface area (Å²) in [6, 6.07) is 6.73. The van der Waals surface area contributed by atoms with Crippen molar-refractivity contribution >= 4 is 34.9 Å². The number of rotatable bonds is 4. The number of aromatic carboxylic acids is 1. The molecule has 0 radical (unpaired) electrons. The molecular weight excluding hydrogens is 310 g/mol. The predicted molar refractivity (Wildman–Crippen MR) is 93.4 cm³/mol. The molecule has 2 heterocycles. The third-order valence-corrected chi connectivity index (χ3v) is 4.01. The first-order valence-electron chi connectivity index (χ1n) is 7.42. The fourth-order valence-corrected chi connectivity index (χ4v) is 2.67. The molecule has 1 aromatic carbocycles. The summed E-state index contributed by atoms with van der Waals surface area (Å²) in [5, 5.41) is 15.4. The number of fused-ring (bicyclic) bond motifs is 1. The fraction of sp³-hybridized carbons (Fsp3) is 0.267. The average Bonchev–Trinajstić information content (AvgIpc) is 2.54. The van der Waals surface area contributed by atoms with Gasteiger partial charge in [0.25, 0.3) is 0 Å². The van der Waals surface area contributed by atoms with E-state index in [1.54, 1.807) is 24.3 Å². The molecule has 7 N–H and O–H groups in total. The molecule has 126 valence electrons. The van der Waals surface area contributed by atoms with E-state index in [1.807, 2.05) is 11.9 Å². The van der Waals surface area contributed by atoms with Crippen LogP contribution < -0.4 is 27.0 Å². The summed E-state index contributed by atoms with van der Waals surface area (Å²) < 4.78 is 0. The number of aromatic nitrogens is 2. The molecule has 0 bridgehead atoms. The van der Waals surface area contributed by atoms with Gasteiger partial charge < -0.3 is 32.1 Å². The lowest BCUT2D eigenvalue weighted by molar-refractivity contribution is 0.0697. The first kappa shape index (κ1) is 15.7. The maximum atomic E-state index is 10.9. The number of nitrogen functional groups attached to an aromatic ring is 2. The Kier molecular flexibility index (Phi) is 3.98. The van der Waals surface area contributed by atoms with Crippen LogP contribution in [0.5, 0.6) is 0 Å². The van der Waals surface area contributed by atoms with Gasteiger partial charge in [-0.3, -0.25) is 0 Å². The van der Waals surface area contributed by atoms with E-state index < -0.39 is 5.97 Å². The van der Waals surface area contributed by atoms with Crippen LogP contribution in [0.15, 0.2) is 24.3 Å². The highest BCUT2D eigenvalue weighted by molar-refractivity contribution is 5.88. The van der Waals surface area contributed by atoms with Gasteiger partial charge in [-0.1, -0.05) is 0 Å². The number of hydrogen-bond acceptors (Lipinski definition) is 8. The minimum Gasteiger partial charge on any atom is -0.478 e. The summed E-state index contributed by atoms with van der Waals surface area (Å²) in [6.45, 7) is 1.30. The summed E-state index contributed by atoms with van der Waals surface area (Å²) in [7, 11) is 1.93. The first-order chi connectivity index (χ1) is 11.5. The second kappa shape index (κ2) is 6.11. The largest absolute Gasteiger partial charge is 0.478 e. The maximum absolute atomic E-state index is 10.9. The van der Waals surface area contributed by atoms with Crippen LogP contribution in [0.1, 0.15) is 10.4 Å². The smallest absolute Gasteiger partial charge is 0.335 e. The number of hydrogen-bond donors (Lipinski definition) is 5. The summed E-state index contributed by atoms with van der Waals surface area (Å²) in [6.07, 6.45) is 0. The summed E-state index contributed by atoms with van der Waals surface area (Å²) in [5.41, 5.74) is 13.4. The van der Waals surface area contributed by atoms with Crippen LogP contribution in [0.2, 0.25) is 0 Å². The van der Waals surface area contributed by atoms with E-state index in [0.717, 1.165) is 11.4 Å². The van der Waals surface area contributed by atoms with Gasteiger partial charge in [-0.25, -0.2) is 4.79 Å². The molecule has 2 aromatic rings. The number of anilines is 5. The lowest BCUT2D eigenvalue weighted by atomic mass is 10.1. The van der Waals surface area contributed by atoms with Crippen LogP contribution in [-0.4, -0.2) is 47.2 Å². The molecule has 3 rings (SSSR count). The number of carboxylic acid groups (broad SMARTS) is 1. The van der Waals surface area contributed by atoms with Gasteiger partial charge in [-0.2, -0.15) is 9.97 Å². The second-order valence-electron chi connectivity index (χ2n) is 5.57. The van der Waals surface area contributed by atoms with Crippen LogP contribution in [0, 0.1) is 0 Å². The Morgan fingerprint density at radius 2 is 2.08 bits per heavy atom. The highest BCUT2D eigenvalue weighted by Gasteiger charge is 2.27. The zero-order valence-electron chi connectivity index (χ0n) is 13.2. The molecule has 1 aromatic heterocycles. The van der Waals surface area contributed by atoms with Crippen LogP contribution in [0.3, 0.4) is 0 Å². The normalized spacial score (nSPS) is 16.2. The number of carboxylic acids is 1. The van der Waals surface area contributed by atoms with Crippen molar-refractivity contribution in [3.8, 4) is 0 Å². The van der Waals surface area contributed by atoms with Crippen LogP contribution in [0.4, 0.5) is 29.0 Å². The number of nitrogens with two attached hydrogens (primary N) is 2. The Morgan fingerprint density at radius 3 is 2.75 bits per heavy atom. The third-order valence-electron chi connectivity index (χ3n) is 4.01. The van der Waals surface area contributed by atoms with Crippen molar-refractivity contribution in [1.29, 1.82) is 0 Å². The van der Waals surface area contributed by atoms with E-state index >= 15 is 0 Å². The number of carbonyl (C=O) groups is 1. The molecule has 1 aliphatic heterocycles. The molecule has 0 spiro atoms. The van der Waals surface area contributed by atoms with E-state index in [0.29, 0.717) is 24.7 Å². The molecule has 0 amide bonds. The van der Waals surface area contributed by atoms with Gasteiger partial charge in [0.1, 0.15) is 5.69 Å². The van der Waals surface area contributed by atoms with E-state index in [-0.39, 0.29) is 17.6 Å². The number of nitrogens with zero attached hydrogens (tertiary/aromatic N) is 3. The van der Waals surface area contributed by atoms with E-state index in [2.05, 4.69) is 20.6 Å². The Hall–Kier alpha value is -3.23. The zero-order chi connectivity index (χ0) is 17.3. The van der Waals surface area contributed by atoms with Crippen molar-refractivity contribution in [1.82, 2.24) is 9.97 Å². The zero-order valence-corrected chi connectivity index (χ0v) is 13.2. The monoisotopic (exact) mass is 329 g/mol. The van der Waals surface area contributed by atoms with E-state index in [4.69, 9.17) is 16.6 Å². The third kappa shape index (κ3) is 2.96. The Bertz CT molecular complexity index is 763. The molecule has 9 nitrogen and oxygen atoms in total. The highest BCUT2D eigenvalue weighted by atomic mass is 16.4. The van der Waals surface area contributed by atoms with Gasteiger partial charge in [0.2, 0.25) is 5.95 Å². The van der Waals surface area contributed by atoms with Crippen molar-refractivity contribution in [3.63, 3.8) is 0 Å². The lowest BCUT2D eigenvalue weighted by Crippen LogP contribution is -2.46. The molecule has 0 fully saturated rings. The molecule has 9 heteroatoms. The topological polar surface area (TPSA) is 142 Å². The van der Waals surface area contributed by atoms with Crippen molar-refractivity contribution in [2.24, 2.45) is 0 Å². The van der Waals surface area contributed by atoms with Gasteiger partial charge in [-0.05, 0) is 24.3 Å². The van der Waals surface area contributed by atoms with Gasteiger partial charge >= 0.3 is 5.97 Å². The number of nitrogens with one attached hydrogen (secondary N) is 2. The number of likely N-dealkylation sites (N-methyl/N-ethyl adjacent to an activating group) is 1. The molecule has 0 saturated heterocycles. The van der Waals surface area contributed by atoms with Gasteiger partial charge in [-0.15, -0.1) is 0 Å². The minimum atomic E-state index is -0.941. The van der Waals surface area contributed by atoms with Crippen molar-refractivity contribution < 1.29 is 9.90 Å². The second-order valence-corrected chi connectivity index (χ2v) is 5.57. The Labute approximate surface area is 138 Å². The molecule has 24 heavy (non-hydrogen) atoms. The van der Waals surface area contributed by atoms with Crippen molar-refractivity contribution in [2.75, 3.05) is 47.1 Å². The molecule has 0 aliphatic carbocycles. The SMILES string of the molecule is CN1c2c(N)nc(N)nc2NCC1CNc1ccc(C(=O)O)cc1.